The Morgan fingerprint density at radius 1 is 1.17 bits per heavy atom. The smallest absolute Gasteiger partial charge is 0.308 e. The van der Waals surface area contributed by atoms with Crippen LogP contribution in [0.4, 0.5) is 5.69 Å². The molecule has 0 aliphatic rings. The zero-order valence-electron chi connectivity index (χ0n) is 16.6. The van der Waals surface area contributed by atoms with E-state index in [1.165, 1.54) is 17.8 Å². The van der Waals surface area contributed by atoms with Gasteiger partial charge in [0.15, 0.2) is 6.10 Å². The van der Waals surface area contributed by atoms with Crippen LogP contribution in [0.15, 0.2) is 53.6 Å². The molecule has 7 heteroatoms. The molecule has 2 aromatic carbocycles. The molecule has 0 radical (unpaired) electrons. The highest BCUT2D eigenvalue weighted by Gasteiger charge is 2.19. The van der Waals surface area contributed by atoms with Gasteiger partial charge in [0.05, 0.1) is 23.7 Å². The van der Waals surface area contributed by atoms with Crippen LogP contribution in [0.25, 0.3) is 10.9 Å². The molecule has 1 amide bonds. The van der Waals surface area contributed by atoms with E-state index < -0.39 is 18.0 Å². The molecule has 1 N–H and O–H groups in total. The number of hydrogen-bond donors (Lipinski definition) is 1. The number of carbonyl (C=O) groups is 2. The first-order valence-electron chi connectivity index (χ1n) is 9.37. The molecular weight excluding hydrogens is 370 g/mol. The zero-order valence-corrected chi connectivity index (χ0v) is 16.6. The van der Waals surface area contributed by atoms with Crippen LogP contribution < -0.4 is 10.9 Å². The number of rotatable bonds is 6. The van der Waals surface area contributed by atoms with Gasteiger partial charge in [-0.15, -0.1) is 0 Å². The Morgan fingerprint density at radius 3 is 2.72 bits per heavy atom. The van der Waals surface area contributed by atoms with Gasteiger partial charge in [0.1, 0.15) is 0 Å². The van der Waals surface area contributed by atoms with Gasteiger partial charge in [0.2, 0.25) is 0 Å². The minimum atomic E-state index is -0.950. The predicted octanol–water partition coefficient (Wildman–Crippen LogP) is 2.97. The molecule has 0 saturated carbocycles. The van der Waals surface area contributed by atoms with E-state index in [1.807, 2.05) is 32.0 Å². The highest BCUT2D eigenvalue weighted by molar-refractivity contribution is 5.95. The number of para-hydroxylation sites is 1. The molecule has 29 heavy (non-hydrogen) atoms. The Labute approximate surface area is 168 Å². The van der Waals surface area contributed by atoms with Crippen LogP contribution in [-0.4, -0.2) is 27.5 Å². The van der Waals surface area contributed by atoms with Crippen LogP contribution in [0.1, 0.15) is 24.5 Å². The number of aromatic nitrogens is 2. The van der Waals surface area contributed by atoms with E-state index in [4.69, 9.17) is 4.74 Å². The first kappa shape index (κ1) is 20.3. The lowest BCUT2D eigenvalue weighted by Gasteiger charge is -2.15. The lowest BCUT2D eigenvalue weighted by Crippen LogP contribution is -2.31. The third-order valence-corrected chi connectivity index (χ3v) is 4.62. The van der Waals surface area contributed by atoms with E-state index in [-0.39, 0.29) is 18.5 Å². The van der Waals surface area contributed by atoms with E-state index in [0.717, 1.165) is 11.1 Å². The van der Waals surface area contributed by atoms with Gasteiger partial charge in [-0.25, -0.2) is 4.98 Å². The van der Waals surface area contributed by atoms with Crippen LogP contribution in [0, 0.1) is 13.8 Å². The normalized spacial score (nSPS) is 11.8. The summed E-state index contributed by atoms with van der Waals surface area (Å²) in [5, 5.41) is 3.27. The van der Waals surface area contributed by atoms with Gasteiger partial charge in [-0.1, -0.05) is 24.3 Å². The number of amides is 1. The summed E-state index contributed by atoms with van der Waals surface area (Å²) >= 11 is 0. The number of nitrogens with zero attached hydrogens (tertiary/aromatic N) is 2. The first-order valence-corrected chi connectivity index (χ1v) is 9.37. The van der Waals surface area contributed by atoms with Gasteiger partial charge in [0.25, 0.3) is 11.5 Å². The fraction of sp³-hybridized carbons (Fsp3) is 0.273. The Hall–Kier alpha value is -3.48. The number of benzene rings is 2. The maximum Gasteiger partial charge on any atom is 0.308 e. The SMILES string of the molecule is Cc1ccc(C)c(NC(=O)C(C)OC(=O)CCn2cnc3ccccc3c2=O)c1. The number of fused-ring (bicyclic) bond motifs is 1. The average Bonchev–Trinajstić information content (AvgIpc) is 2.70. The molecule has 0 bridgehead atoms. The molecule has 1 atom stereocenters. The number of esters is 1. The van der Waals surface area contributed by atoms with Gasteiger partial charge in [-0.2, -0.15) is 0 Å². The Balaban J connectivity index is 1.57. The van der Waals surface area contributed by atoms with E-state index >= 15 is 0 Å². The van der Waals surface area contributed by atoms with Crippen molar-refractivity contribution in [3.05, 3.63) is 70.3 Å². The van der Waals surface area contributed by atoms with Crippen molar-refractivity contribution in [2.24, 2.45) is 0 Å². The van der Waals surface area contributed by atoms with Crippen LogP contribution >= 0.6 is 0 Å². The summed E-state index contributed by atoms with van der Waals surface area (Å²) in [6, 6.07) is 12.8. The predicted molar refractivity (Wildman–Crippen MR) is 111 cm³/mol. The second-order valence-corrected chi connectivity index (χ2v) is 6.95. The van der Waals surface area contributed by atoms with Crippen LogP contribution in [0.3, 0.4) is 0 Å². The van der Waals surface area contributed by atoms with Gasteiger partial charge >= 0.3 is 5.97 Å². The topological polar surface area (TPSA) is 90.3 Å². The number of hydrogen-bond acceptors (Lipinski definition) is 5. The van der Waals surface area contributed by atoms with Crippen molar-refractivity contribution < 1.29 is 14.3 Å². The summed E-state index contributed by atoms with van der Waals surface area (Å²) in [6.07, 6.45) is 0.421. The van der Waals surface area contributed by atoms with Gasteiger partial charge in [-0.3, -0.25) is 19.0 Å². The molecule has 3 aromatic rings. The van der Waals surface area contributed by atoms with E-state index in [1.54, 1.807) is 24.3 Å². The second kappa shape index (κ2) is 8.68. The van der Waals surface area contributed by atoms with Crippen LogP contribution in [0.5, 0.6) is 0 Å². The number of ether oxygens (including phenoxy) is 1. The number of nitrogens with one attached hydrogen (secondary N) is 1. The Morgan fingerprint density at radius 2 is 1.93 bits per heavy atom. The molecule has 1 aromatic heterocycles. The third kappa shape index (κ3) is 4.87. The van der Waals surface area contributed by atoms with Crippen molar-refractivity contribution in [1.29, 1.82) is 0 Å². The Kier molecular flexibility index (Phi) is 6.07. The average molecular weight is 393 g/mol. The molecule has 0 aliphatic carbocycles. The highest BCUT2D eigenvalue weighted by Crippen LogP contribution is 2.17. The van der Waals surface area contributed by atoms with Crippen molar-refractivity contribution in [1.82, 2.24) is 9.55 Å². The fourth-order valence-corrected chi connectivity index (χ4v) is 2.89. The maximum atomic E-state index is 12.4. The van der Waals surface area contributed by atoms with Crippen molar-refractivity contribution in [3.63, 3.8) is 0 Å². The zero-order chi connectivity index (χ0) is 21.0. The molecule has 0 fully saturated rings. The quantitative estimate of drug-likeness (QED) is 0.650. The van der Waals surface area contributed by atoms with Crippen molar-refractivity contribution in [2.45, 2.75) is 39.8 Å². The lowest BCUT2D eigenvalue weighted by atomic mass is 10.1. The fourth-order valence-electron chi connectivity index (χ4n) is 2.89. The molecular formula is C22H23N3O4. The van der Waals surface area contributed by atoms with Crippen molar-refractivity contribution in [2.75, 3.05) is 5.32 Å². The summed E-state index contributed by atoms with van der Waals surface area (Å²) < 4.78 is 6.58. The highest BCUT2D eigenvalue weighted by atomic mass is 16.5. The molecule has 3 rings (SSSR count). The molecule has 7 nitrogen and oxygen atoms in total. The third-order valence-electron chi connectivity index (χ3n) is 4.62. The monoisotopic (exact) mass is 393 g/mol. The first-order chi connectivity index (χ1) is 13.8. The van der Waals surface area contributed by atoms with Gasteiger partial charge in [-0.05, 0) is 50.1 Å². The standard InChI is InChI=1S/C22H23N3O4/c1-14-8-9-15(2)19(12-14)24-21(27)16(3)29-20(26)10-11-25-13-23-18-7-5-4-6-17(18)22(25)28/h4-9,12-13,16H,10-11H2,1-3H3,(H,24,27). The Bertz CT molecular complexity index is 1120. The van der Waals surface area contributed by atoms with Gasteiger partial charge < -0.3 is 10.1 Å². The second-order valence-electron chi connectivity index (χ2n) is 6.95. The molecule has 1 heterocycles. The minimum absolute atomic E-state index is 0.0407. The van der Waals surface area contributed by atoms with Gasteiger partial charge in [0, 0.05) is 12.2 Å². The summed E-state index contributed by atoms with van der Waals surface area (Å²) in [7, 11) is 0. The van der Waals surface area contributed by atoms with Crippen molar-refractivity contribution >= 4 is 28.5 Å². The molecule has 150 valence electrons. The summed E-state index contributed by atoms with van der Waals surface area (Å²) in [6.45, 7) is 5.46. The van der Waals surface area contributed by atoms with Crippen LogP contribution in [0.2, 0.25) is 0 Å². The molecule has 0 spiro atoms. The van der Waals surface area contributed by atoms with Crippen LogP contribution in [-0.2, 0) is 20.9 Å². The molecule has 0 saturated heterocycles. The number of aryl methyl sites for hydroxylation is 3. The molecule has 1 unspecified atom stereocenters. The maximum absolute atomic E-state index is 12.4. The van der Waals surface area contributed by atoms with Crippen molar-refractivity contribution in [3.8, 4) is 0 Å². The molecule has 0 aliphatic heterocycles. The minimum Gasteiger partial charge on any atom is -0.452 e. The summed E-state index contributed by atoms with van der Waals surface area (Å²) in [5.74, 6) is -0.967. The summed E-state index contributed by atoms with van der Waals surface area (Å²) in [4.78, 5) is 41.1. The number of carbonyl (C=O) groups excluding carboxylic acids is 2. The largest absolute Gasteiger partial charge is 0.452 e. The van der Waals surface area contributed by atoms with E-state index in [9.17, 15) is 14.4 Å². The lowest BCUT2D eigenvalue weighted by molar-refractivity contribution is -0.153. The summed E-state index contributed by atoms with van der Waals surface area (Å²) in [5.41, 5.74) is 3.01. The van der Waals surface area contributed by atoms with E-state index in [2.05, 4.69) is 10.3 Å². The van der Waals surface area contributed by atoms with E-state index in [0.29, 0.717) is 16.6 Å². The number of anilines is 1.